The molecular weight excluding hydrogens is 881 g/mol. The highest BCUT2D eigenvalue weighted by Crippen LogP contribution is 2.60. The van der Waals surface area contributed by atoms with Crippen LogP contribution in [0.15, 0.2) is 109 Å². The zero-order valence-electron chi connectivity index (χ0n) is 39.7. The molecule has 2 atom stereocenters. The van der Waals surface area contributed by atoms with E-state index in [0.29, 0.717) is 48.8 Å². The van der Waals surface area contributed by atoms with E-state index in [1.54, 1.807) is 42.5 Å². The zero-order valence-corrected chi connectivity index (χ0v) is 39.7. The fourth-order valence-electron chi connectivity index (χ4n) is 10.1. The largest absolute Gasteiger partial charge is 0.455 e. The minimum Gasteiger partial charge on any atom is -0.455 e. The van der Waals surface area contributed by atoms with Crippen molar-refractivity contribution < 1.29 is 57.3 Å². The van der Waals surface area contributed by atoms with Crippen molar-refractivity contribution in [2.75, 3.05) is 25.6 Å². The molecule has 0 aliphatic heterocycles. The highest BCUT2D eigenvalue weighted by Gasteiger charge is 2.61. The normalized spacial score (nSPS) is 19.9. The Bertz CT molecular complexity index is 2820. The molecule has 14 heteroatoms. The first-order valence-corrected chi connectivity index (χ1v) is 22.8. The summed E-state index contributed by atoms with van der Waals surface area (Å²) in [5.74, 6) is -4.72. The Morgan fingerprint density at radius 2 is 1.07 bits per heavy atom. The van der Waals surface area contributed by atoms with E-state index in [1.807, 2.05) is 32.9 Å². The van der Waals surface area contributed by atoms with E-state index < -0.39 is 77.1 Å². The Hall–Kier alpha value is -7.48. The lowest BCUT2D eigenvalue weighted by Crippen LogP contribution is -2.61. The smallest absolute Gasteiger partial charge is 0.339 e. The molecule has 0 spiro atoms. The number of benzene rings is 4. The third-order valence-electron chi connectivity index (χ3n) is 13.4. The van der Waals surface area contributed by atoms with Crippen LogP contribution >= 0.6 is 0 Å². The van der Waals surface area contributed by atoms with Crippen molar-refractivity contribution in [3.63, 3.8) is 0 Å². The number of hydrogen-bond acceptors (Lipinski definition) is 12. The Labute approximate surface area is 400 Å². The fourth-order valence-corrected chi connectivity index (χ4v) is 10.1. The summed E-state index contributed by atoms with van der Waals surface area (Å²) < 4.78 is 23.2. The van der Waals surface area contributed by atoms with Crippen molar-refractivity contribution in [2.24, 2.45) is 11.8 Å². The van der Waals surface area contributed by atoms with E-state index in [9.17, 15) is 38.4 Å². The number of nitrogens with one attached hydrogen (secondary N) is 2. The summed E-state index contributed by atoms with van der Waals surface area (Å²) in [5, 5.41) is 5.33. The molecule has 0 heterocycles. The molecule has 2 unspecified atom stereocenters. The topological polar surface area (TPSA) is 198 Å². The second-order valence-corrected chi connectivity index (χ2v) is 19.3. The molecule has 4 aliphatic rings. The molecule has 4 fully saturated rings. The number of aryl methyl sites for hydroxylation is 1. The monoisotopic (exact) mass is 936 g/mol. The van der Waals surface area contributed by atoms with Crippen LogP contribution in [-0.4, -0.2) is 78.7 Å². The Morgan fingerprint density at radius 1 is 0.609 bits per heavy atom. The number of Topliss-reactive ketones (excluding diaryl/α,β-unsaturated/α-hetero) is 2. The average molecular weight is 937 g/mol. The molecule has 2 N–H and O–H groups in total. The van der Waals surface area contributed by atoms with Gasteiger partial charge in [0.2, 0.25) is 0 Å². The quantitative estimate of drug-likeness (QED) is 0.0582. The molecule has 0 radical (unpaired) electrons. The van der Waals surface area contributed by atoms with Crippen LogP contribution in [0.3, 0.4) is 0 Å². The van der Waals surface area contributed by atoms with Crippen LogP contribution in [-0.2, 0) is 34.0 Å². The molecule has 2 amide bonds. The van der Waals surface area contributed by atoms with Gasteiger partial charge in [-0.2, -0.15) is 0 Å². The molecule has 4 bridgehead atoms. The molecule has 358 valence electrons. The summed E-state index contributed by atoms with van der Waals surface area (Å²) in [7, 11) is 1.40. The molecule has 4 aliphatic carbocycles. The van der Waals surface area contributed by atoms with Gasteiger partial charge in [0.1, 0.15) is 11.2 Å². The van der Waals surface area contributed by atoms with Gasteiger partial charge < -0.3 is 29.6 Å². The van der Waals surface area contributed by atoms with Crippen molar-refractivity contribution >= 4 is 52.9 Å². The molecule has 4 saturated carbocycles. The van der Waals surface area contributed by atoms with Gasteiger partial charge in [-0.3, -0.25) is 19.2 Å². The summed E-state index contributed by atoms with van der Waals surface area (Å²) in [5.41, 5.74) is 0.238. The molecule has 0 aromatic heterocycles. The van der Waals surface area contributed by atoms with Gasteiger partial charge in [0.15, 0.2) is 24.8 Å². The van der Waals surface area contributed by atoms with Crippen LogP contribution in [0.2, 0.25) is 0 Å². The van der Waals surface area contributed by atoms with Gasteiger partial charge in [0.05, 0.1) is 33.4 Å². The third-order valence-corrected chi connectivity index (χ3v) is 13.4. The van der Waals surface area contributed by atoms with Crippen LogP contribution in [0.1, 0.15) is 145 Å². The number of anilines is 1. The van der Waals surface area contributed by atoms with Gasteiger partial charge in [-0.05, 0) is 142 Å². The molecule has 69 heavy (non-hydrogen) atoms. The number of carbonyl (C=O) groups excluding carboxylic acids is 8. The number of carbonyl (C=O) groups is 8. The lowest BCUT2D eigenvalue weighted by Gasteiger charge is -2.60. The Morgan fingerprint density at radius 3 is 1.54 bits per heavy atom. The minimum atomic E-state index is -0.993. The van der Waals surface area contributed by atoms with Crippen molar-refractivity contribution in [2.45, 2.75) is 89.8 Å². The number of ether oxygens (including phenoxy) is 4. The number of ketones is 2. The predicted molar refractivity (Wildman–Crippen MR) is 255 cm³/mol. The maximum Gasteiger partial charge on any atom is 0.339 e. The molecule has 0 saturated heterocycles. The standard InChI is InChI=1S/C55H56N2O12/c1-31(2)45(58)28-66-51(64)41-17-15-38(22-43(41)47(60)56-8)53(6,7)39-16-18-42(52(65)67-29-46(59)32(3)4)44(23-39)48(61)57-40-14-10-13-37(21-40)50(63)69-55-26-34-20-35(27-55)25-54(24-34,30-55)68-49(62)36-12-9-11-33(5)19-36/h9-19,21-23,34-35H,1,3,20,24-30H2,2,4-8H3,(H,56,60)(H,57,61). The van der Waals surface area contributed by atoms with Crippen LogP contribution < -0.4 is 10.6 Å². The predicted octanol–water partition coefficient (Wildman–Crippen LogP) is 8.64. The molecule has 4 aromatic carbocycles. The number of hydrogen-bond donors (Lipinski definition) is 2. The molecule has 4 aromatic rings. The molecular formula is C55H56N2O12. The minimum absolute atomic E-state index is 0.0288. The van der Waals surface area contributed by atoms with Gasteiger partial charge in [0.25, 0.3) is 11.8 Å². The SMILES string of the molecule is C=C(C)C(=O)COC(=O)c1ccc(C(C)(C)c2ccc(C(=O)OCC(=O)C(=C)C)c(C(=O)Nc3cccc(C(=O)OC45CC6CC(CC(OC(=O)c7cccc(C)c7)(C6)C4)C5)c3)c2)cc1C(=O)NC. The third kappa shape index (κ3) is 10.8. The van der Waals surface area contributed by atoms with Crippen molar-refractivity contribution in [3.05, 3.63) is 159 Å². The van der Waals surface area contributed by atoms with E-state index in [0.717, 1.165) is 12.0 Å². The van der Waals surface area contributed by atoms with Crippen LogP contribution in [0.25, 0.3) is 0 Å². The number of rotatable bonds is 17. The Balaban J connectivity index is 1.14. The van der Waals surface area contributed by atoms with Gasteiger partial charge in [-0.25, -0.2) is 19.2 Å². The highest BCUT2D eigenvalue weighted by molar-refractivity contribution is 6.12. The van der Waals surface area contributed by atoms with Gasteiger partial charge in [-0.15, -0.1) is 0 Å². The fraction of sp³-hybridized carbons (Fsp3) is 0.345. The highest BCUT2D eigenvalue weighted by atomic mass is 16.6. The summed E-state index contributed by atoms with van der Waals surface area (Å²) in [6.07, 6.45) is 4.09. The summed E-state index contributed by atoms with van der Waals surface area (Å²) in [6, 6.07) is 22.5. The van der Waals surface area contributed by atoms with Gasteiger partial charge >= 0.3 is 23.9 Å². The lowest BCUT2D eigenvalue weighted by atomic mass is 9.52. The summed E-state index contributed by atoms with van der Waals surface area (Å²) in [4.78, 5) is 106. The first-order chi connectivity index (χ1) is 32.6. The van der Waals surface area contributed by atoms with Gasteiger partial charge in [-0.1, -0.05) is 62.9 Å². The number of esters is 4. The first kappa shape index (κ1) is 49.4. The van der Waals surface area contributed by atoms with E-state index >= 15 is 0 Å². The summed E-state index contributed by atoms with van der Waals surface area (Å²) in [6.45, 7) is 14.5. The Kier molecular flexibility index (Phi) is 14.1. The van der Waals surface area contributed by atoms with Gasteiger partial charge in [0, 0.05) is 24.6 Å². The molecule has 8 rings (SSSR count). The van der Waals surface area contributed by atoms with Crippen LogP contribution in [0.4, 0.5) is 5.69 Å². The van der Waals surface area contributed by atoms with E-state index in [2.05, 4.69) is 23.8 Å². The van der Waals surface area contributed by atoms with E-state index in [1.165, 1.54) is 51.2 Å². The maximum atomic E-state index is 14.4. The second kappa shape index (κ2) is 19.6. The second-order valence-electron chi connectivity index (χ2n) is 19.3. The van der Waals surface area contributed by atoms with Crippen LogP contribution in [0, 0.1) is 18.8 Å². The van der Waals surface area contributed by atoms with Crippen molar-refractivity contribution in [1.82, 2.24) is 5.32 Å². The summed E-state index contributed by atoms with van der Waals surface area (Å²) >= 11 is 0. The number of amides is 2. The van der Waals surface area contributed by atoms with Crippen molar-refractivity contribution in [3.8, 4) is 0 Å². The van der Waals surface area contributed by atoms with Crippen molar-refractivity contribution in [1.29, 1.82) is 0 Å². The van der Waals surface area contributed by atoms with E-state index in [-0.39, 0.29) is 56.5 Å². The van der Waals surface area contributed by atoms with Crippen LogP contribution in [0.5, 0.6) is 0 Å². The average Bonchev–Trinajstić information content (AvgIpc) is 3.30. The van der Waals surface area contributed by atoms with E-state index in [4.69, 9.17) is 18.9 Å². The maximum absolute atomic E-state index is 14.4. The lowest BCUT2D eigenvalue weighted by molar-refractivity contribution is -0.200. The zero-order chi connectivity index (χ0) is 50.0. The molecule has 14 nitrogen and oxygen atoms in total. The first-order valence-electron chi connectivity index (χ1n) is 22.8.